The molecule has 4 heteroatoms. The number of ether oxygens (including phenoxy) is 2. The Kier molecular flexibility index (Phi) is 5.46. The van der Waals surface area contributed by atoms with Crippen molar-refractivity contribution in [3.8, 4) is 0 Å². The maximum absolute atomic E-state index is 11.1. The SMILES string of the molecule is C=CC(=O)OC1CCCC(OC(=O)C=C)CC1. The van der Waals surface area contributed by atoms with E-state index in [-0.39, 0.29) is 12.2 Å². The van der Waals surface area contributed by atoms with E-state index in [0.717, 1.165) is 19.3 Å². The van der Waals surface area contributed by atoms with Gasteiger partial charge in [-0.25, -0.2) is 9.59 Å². The zero-order valence-corrected chi connectivity index (χ0v) is 9.89. The van der Waals surface area contributed by atoms with Gasteiger partial charge in [-0.2, -0.15) is 0 Å². The van der Waals surface area contributed by atoms with Crippen molar-refractivity contribution in [1.29, 1.82) is 0 Å². The third kappa shape index (κ3) is 4.85. The molecule has 0 aromatic heterocycles. The molecule has 1 aliphatic rings. The van der Waals surface area contributed by atoms with E-state index in [1.807, 2.05) is 0 Å². The summed E-state index contributed by atoms with van der Waals surface area (Å²) in [5.74, 6) is -0.784. The number of esters is 2. The summed E-state index contributed by atoms with van der Waals surface area (Å²) in [5, 5.41) is 0. The van der Waals surface area contributed by atoms with Crippen LogP contribution in [0.3, 0.4) is 0 Å². The average molecular weight is 238 g/mol. The van der Waals surface area contributed by atoms with E-state index in [9.17, 15) is 9.59 Å². The number of carbonyl (C=O) groups is 2. The molecule has 2 atom stereocenters. The molecule has 1 rings (SSSR count). The Bertz CT molecular complexity index is 279. The van der Waals surface area contributed by atoms with Gasteiger partial charge in [-0.15, -0.1) is 0 Å². The molecule has 1 fully saturated rings. The monoisotopic (exact) mass is 238 g/mol. The van der Waals surface area contributed by atoms with E-state index in [0.29, 0.717) is 12.8 Å². The molecule has 1 aliphatic carbocycles. The number of hydrogen-bond donors (Lipinski definition) is 0. The molecule has 0 N–H and O–H groups in total. The van der Waals surface area contributed by atoms with Gasteiger partial charge in [-0.3, -0.25) is 0 Å². The van der Waals surface area contributed by atoms with Gasteiger partial charge in [-0.05, 0) is 32.1 Å². The molecule has 0 aromatic rings. The van der Waals surface area contributed by atoms with Gasteiger partial charge in [0.1, 0.15) is 12.2 Å². The minimum absolute atomic E-state index is 0.0899. The Balaban J connectivity index is 2.38. The number of rotatable bonds is 4. The first kappa shape index (κ1) is 13.5. The highest BCUT2D eigenvalue weighted by Crippen LogP contribution is 2.22. The molecule has 2 unspecified atom stereocenters. The highest BCUT2D eigenvalue weighted by Gasteiger charge is 2.22. The Morgan fingerprint density at radius 1 is 0.882 bits per heavy atom. The van der Waals surface area contributed by atoms with Crippen molar-refractivity contribution < 1.29 is 19.1 Å². The van der Waals surface area contributed by atoms with Gasteiger partial charge in [-0.1, -0.05) is 13.2 Å². The van der Waals surface area contributed by atoms with Crippen LogP contribution in [0.25, 0.3) is 0 Å². The molecule has 1 saturated carbocycles. The van der Waals surface area contributed by atoms with E-state index in [2.05, 4.69) is 13.2 Å². The minimum Gasteiger partial charge on any atom is -0.459 e. The predicted octanol–water partition coefficient (Wildman–Crippen LogP) is 2.15. The third-order valence-electron chi connectivity index (χ3n) is 2.76. The summed E-state index contributed by atoms with van der Waals surface area (Å²) in [6.45, 7) is 6.72. The van der Waals surface area contributed by atoms with Crippen molar-refractivity contribution in [2.45, 2.75) is 44.3 Å². The lowest BCUT2D eigenvalue weighted by Crippen LogP contribution is -2.18. The van der Waals surface area contributed by atoms with Crippen LogP contribution in [-0.4, -0.2) is 24.1 Å². The minimum atomic E-state index is -0.392. The quantitative estimate of drug-likeness (QED) is 0.428. The van der Waals surface area contributed by atoms with Crippen molar-refractivity contribution in [1.82, 2.24) is 0 Å². The van der Waals surface area contributed by atoms with E-state index in [1.54, 1.807) is 0 Å². The number of carbonyl (C=O) groups excluding carboxylic acids is 2. The second-order valence-electron chi connectivity index (χ2n) is 4.03. The largest absolute Gasteiger partial charge is 0.459 e. The lowest BCUT2D eigenvalue weighted by molar-refractivity contribution is -0.146. The summed E-state index contributed by atoms with van der Waals surface area (Å²) < 4.78 is 10.4. The molecule has 0 aliphatic heterocycles. The molecule has 0 bridgehead atoms. The summed E-state index contributed by atoms with van der Waals surface area (Å²) >= 11 is 0. The number of hydrogen-bond acceptors (Lipinski definition) is 4. The van der Waals surface area contributed by atoms with E-state index >= 15 is 0 Å². The Morgan fingerprint density at radius 2 is 1.29 bits per heavy atom. The van der Waals surface area contributed by atoms with Crippen LogP contribution in [0.15, 0.2) is 25.3 Å². The predicted molar refractivity (Wildman–Crippen MR) is 63.2 cm³/mol. The molecular weight excluding hydrogens is 220 g/mol. The molecule has 0 heterocycles. The Morgan fingerprint density at radius 3 is 1.65 bits per heavy atom. The van der Waals surface area contributed by atoms with Crippen LogP contribution < -0.4 is 0 Å². The summed E-state index contributed by atoms with van der Waals surface area (Å²) in [6.07, 6.45) is 6.08. The zero-order valence-electron chi connectivity index (χ0n) is 9.89. The van der Waals surface area contributed by atoms with Crippen LogP contribution in [0.2, 0.25) is 0 Å². The molecule has 94 valence electrons. The van der Waals surface area contributed by atoms with Crippen LogP contribution in [0.5, 0.6) is 0 Å². The maximum Gasteiger partial charge on any atom is 0.330 e. The molecule has 0 saturated heterocycles. The van der Waals surface area contributed by atoms with Gasteiger partial charge in [0, 0.05) is 12.2 Å². The fourth-order valence-corrected chi connectivity index (χ4v) is 1.89. The first-order valence-electron chi connectivity index (χ1n) is 5.81. The molecule has 0 amide bonds. The summed E-state index contributed by atoms with van der Waals surface area (Å²) in [6, 6.07) is 0. The van der Waals surface area contributed by atoms with E-state index in [4.69, 9.17) is 9.47 Å². The van der Waals surface area contributed by atoms with Gasteiger partial charge in [0.15, 0.2) is 0 Å². The zero-order chi connectivity index (χ0) is 12.7. The molecule has 0 aromatic carbocycles. The topological polar surface area (TPSA) is 52.6 Å². The second kappa shape index (κ2) is 6.89. The van der Waals surface area contributed by atoms with Gasteiger partial charge in [0.2, 0.25) is 0 Å². The molecule has 4 nitrogen and oxygen atoms in total. The van der Waals surface area contributed by atoms with Crippen molar-refractivity contribution in [3.63, 3.8) is 0 Å². The third-order valence-corrected chi connectivity index (χ3v) is 2.76. The van der Waals surface area contributed by atoms with Crippen LogP contribution in [0.4, 0.5) is 0 Å². The Labute approximate surface area is 101 Å². The molecule has 0 radical (unpaired) electrons. The van der Waals surface area contributed by atoms with Gasteiger partial charge >= 0.3 is 11.9 Å². The van der Waals surface area contributed by atoms with Gasteiger partial charge in [0.05, 0.1) is 0 Å². The first-order valence-corrected chi connectivity index (χ1v) is 5.81. The fourth-order valence-electron chi connectivity index (χ4n) is 1.89. The highest BCUT2D eigenvalue weighted by molar-refractivity contribution is 5.81. The van der Waals surface area contributed by atoms with Crippen molar-refractivity contribution in [2.24, 2.45) is 0 Å². The van der Waals surface area contributed by atoms with Crippen LogP contribution in [0.1, 0.15) is 32.1 Å². The van der Waals surface area contributed by atoms with Gasteiger partial charge < -0.3 is 9.47 Å². The van der Waals surface area contributed by atoms with E-state index in [1.165, 1.54) is 12.2 Å². The molecule has 17 heavy (non-hydrogen) atoms. The van der Waals surface area contributed by atoms with Crippen molar-refractivity contribution in [2.75, 3.05) is 0 Å². The maximum atomic E-state index is 11.1. The van der Waals surface area contributed by atoms with Crippen LogP contribution in [0, 0.1) is 0 Å². The second-order valence-corrected chi connectivity index (χ2v) is 4.03. The van der Waals surface area contributed by atoms with Crippen LogP contribution in [-0.2, 0) is 19.1 Å². The molecular formula is C13H18O4. The lowest BCUT2D eigenvalue weighted by atomic mass is 10.1. The lowest BCUT2D eigenvalue weighted by Gasteiger charge is -2.15. The highest BCUT2D eigenvalue weighted by atomic mass is 16.5. The standard InChI is InChI=1S/C13H18O4/c1-3-12(14)16-10-6-5-7-11(9-8-10)17-13(15)4-2/h3-4,10-11H,1-2,5-9H2. The van der Waals surface area contributed by atoms with Crippen molar-refractivity contribution >= 4 is 11.9 Å². The normalized spacial score (nSPS) is 24.2. The smallest absolute Gasteiger partial charge is 0.330 e. The Hall–Kier alpha value is -1.58. The van der Waals surface area contributed by atoms with Crippen LogP contribution >= 0.6 is 0 Å². The summed E-state index contributed by atoms with van der Waals surface area (Å²) in [5.41, 5.74) is 0. The molecule has 0 spiro atoms. The van der Waals surface area contributed by atoms with Crippen molar-refractivity contribution in [3.05, 3.63) is 25.3 Å². The van der Waals surface area contributed by atoms with Gasteiger partial charge in [0.25, 0.3) is 0 Å². The summed E-state index contributed by atoms with van der Waals surface area (Å²) in [4.78, 5) is 22.1. The first-order chi connectivity index (χ1) is 8.15. The van der Waals surface area contributed by atoms with E-state index < -0.39 is 11.9 Å². The summed E-state index contributed by atoms with van der Waals surface area (Å²) in [7, 11) is 0. The fraction of sp³-hybridized carbons (Fsp3) is 0.538. The average Bonchev–Trinajstić information content (AvgIpc) is 2.54.